The average molecular weight is 1150 g/mol. The van der Waals surface area contributed by atoms with Crippen molar-refractivity contribution in [1.82, 2.24) is 0 Å². The molecule has 87 heavy (non-hydrogen) atoms. The molecule has 6 aromatic rings. The summed E-state index contributed by atoms with van der Waals surface area (Å²) >= 11 is 0. The van der Waals surface area contributed by atoms with Crippen molar-refractivity contribution in [1.29, 1.82) is 0 Å². The highest BCUT2D eigenvalue weighted by Crippen LogP contribution is 2.50. The maximum Gasteiger partial charge on any atom is 0.209 e. The molecule has 6 nitrogen and oxygen atoms in total. The predicted octanol–water partition coefficient (Wildman–Crippen LogP) is 18.1. The van der Waals surface area contributed by atoms with Crippen LogP contribution >= 0.6 is 0 Å². The Morgan fingerprint density at radius 1 is 0.310 bits per heavy atom. The first-order chi connectivity index (χ1) is 41.2. The van der Waals surface area contributed by atoms with E-state index >= 15 is 0 Å². The Bertz CT molecular complexity index is 3990. The van der Waals surface area contributed by atoms with Gasteiger partial charge in [-0.2, -0.15) is 13.7 Å². The van der Waals surface area contributed by atoms with Gasteiger partial charge in [-0.3, -0.25) is 0 Å². The normalized spacial score (nSPS) is 21.4. The first-order valence-corrected chi connectivity index (χ1v) is 31.1. The van der Waals surface area contributed by atoms with Crippen molar-refractivity contribution < 1.29 is 13.7 Å². The molecule has 0 amide bonds. The second-order valence-electron chi connectivity index (χ2n) is 27.7. The maximum atomic E-state index is 2.37. The summed E-state index contributed by atoms with van der Waals surface area (Å²) in [6, 6.07) is 52.6. The standard InChI is InChI=1S/C54H60N4.C27H31N2/c1-51(2)39-21-13-17-25-43(39)55(9)47(51)33-29-37(30-34-48-52(3,4)40-22-14-18-26-44(40)56(48)10)38(31-35-49-53(5,6)41-23-15-19-27-45(41)57(49)11)32-36-50-54(7,8)42-24-16-20-28-46(42)58(50)12;1-26(2)20-14-10-12-16-22(20)28(5)24(26)18-8-7-9-19-25-27(3,4)21-15-11-13-17-23(21)29(25)6/h13-36H,1-12H3;7-19H,1-6H3/q+2;+1. The molecule has 6 aliphatic heterocycles. The van der Waals surface area contributed by atoms with Gasteiger partial charge < -0.3 is 14.7 Å². The van der Waals surface area contributed by atoms with Crippen molar-refractivity contribution in [3.05, 3.63) is 286 Å². The van der Waals surface area contributed by atoms with Gasteiger partial charge in [-0.05, 0) is 118 Å². The quantitative estimate of drug-likeness (QED) is 0.101. The number of para-hydroxylation sites is 6. The van der Waals surface area contributed by atoms with E-state index < -0.39 is 0 Å². The third kappa shape index (κ3) is 10.0. The summed E-state index contributed by atoms with van der Waals surface area (Å²) < 4.78 is 7.04. The summed E-state index contributed by atoms with van der Waals surface area (Å²) in [5.74, 6) is 0. The molecule has 0 bridgehead atoms. The number of anilines is 3. The van der Waals surface area contributed by atoms with Gasteiger partial charge in [0, 0.05) is 125 Å². The molecule has 0 aliphatic carbocycles. The number of nitrogens with zero attached hydrogens (tertiary/aromatic N) is 6. The fourth-order valence-corrected chi connectivity index (χ4v) is 15.3. The SMILES string of the molecule is CN1/C(=C/C=C(/C=C/C2=[N+](C)c3ccccc3C2(C)C)C(=C/C=C2/N(C)c3ccccc3C2(C)C)\C=C\C2=[N+](C)c3ccccc3C2(C)C)C(C)(C)c2ccccc21.CN1C(=CC=CC=CC2=[N+](C)c3ccccc3C2(C)C)C(C)(C)c2ccccc21. The number of fused-ring (bicyclic) bond motifs is 6. The molecule has 6 heteroatoms. The van der Waals surface area contributed by atoms with E-state index in [4.69, 9.17) is 0 Å². The van der Waals surface area contributed by atoms with Gasteiger partial charge in [0.1, 0.15) is 21.1 Å². The zero-order valence-electron chi connectivity index (χ0n) is 55.0. The van der Waals surface area contributed by atoms with E-state index in [2.05, 4.69) is 378 Å². The van der Waals surface area contributed by atoms with E-state index in [1.807, 2.05) is 0 Å². The van der Waals surface area contributed by atoms with Crippen LogP contribution in [0.2, 0.25) is 0 Å². The van der Waals surface area contributed by atoms with E-state index in [0.29, 0.717) is 0 Å². The third-order valence-electron chi connectivity index (χ3n) is 20.4. The number of benzene rings is 6. The number of hydrogen-bond donors (Lipinski definition) is 0. The fraction of sp³-hybridized carbons (Fsp3) is 0.296. The Kier molecular flexibility index (Phi) is 15.4. The summed E-state index contributed by atoms with van der Waals surface area (Å²) in [7, 11) is 13.1. The van der Waals surface area contributed by atoms with E-state index in [1.165, 1.54) is 102 Å². The molecule has 0 unspecified atom stereocenters. The summed E-state index contributed by atoms with van der Waals surface area (Å²) in [5.41, 5.74) is 25.3. The van der Waals surface area contributed by atoms with Crippen LogP contribution in [-0.4, -0.2) is 73.1 Å². The highest BCUT2D eigenvalue weighted by atomic mass is 15.2. The second kappa shape index (κ2) is 22.3. The molecule has 6 aliphatic rings. The van der Waals surface area contributed by atoms with E-state index in [-0.39, 0.29) is 32.5 Å². The first kappa shape index (κ1) is 60.1. The van der Waals surface area contributed by atoms with Gasteiger partial charge in [0.15, 0.2) is 17.1 Å². The van der Waals surface area contributed by atoms with Gasteiger partial charge in [-0.15, -0.1) is 0 Å². The molecule has 0 aromatic heterocycles. The van der Waals surface area contributed by atoms with Gasteiger partial charge in [-0.25, -0.2) is 0 Å². The average Bonchev–Trinajstić information content (AvgIpc) is 1.82. The molecule has 0 N–H and O–H groups in total. The molecule has 0 radical (unpaired) electrons. The Morgan fingerprint density at radius 3 is 0.897 bits per heavy atom. The lowest BCUT2D eigenvalue weighted by atomic mass is 9.80. The molecule has 0 spiro atoms. The number of allylic oxidation sites excluding steroid dienone is 18. The lowest BCUT2D eigenvalue weighted by Crippen LogP contribution is -2.26. The molecule has 0 saturated heterocycles. The van der Waals surface area contributed by atoms with Gasteiger partial charge >= 0.3 is 0 Å². The van der Waals surface area contributed by atoms with Crippen LogP contribution < -0.4 is 14.7 Å². The van der Waals surface area contributed by atoms with Crippen molar-refractivity contribution in [2.24, 2.45) is 0 Å². The van der Waals surface area contributed by atoms with E-state index in [1.54, 1.807) is 0 Å². The van der Waals surface area contributed by atoms with Gasteiger partial charge in [0.05, 0.1) is 16.2 Å². The van der Waals surface area contributed by atoms with Gasteiger partial charge in [0.25, 0.3) is 0 Å². The predicted molar refractivity (Wildman–Crippen MR) is 372 cm³/mol. The highest BCUT2D eigenvalue weighted by Gasteiger charge is 2.46. The summed E-state index contributed by atoms with van der Waals surface area (Å²) in [6.45, 7) is 27.9. The maximum absolute atomic E-state index is 2.37. The van der Waals surface area contributed by atoms with Crippen LogP contribution in [0.15, 0.2) is 253 Å². The van der Waals surface area contributed by atoms with Crippen molar-refractivity contribution >= 4 is 51.3 Å². The number of likely N-dealkylation sites (N-methyl/N-ethyl adjacent to an activating group) is 3. The Morgan fingerprint density at radius 2 is 0.586 bits per heavy atom. The largest absolute Gasteiger partial charge is 0.347 e. The Balaban J connectivity index is 0.000000226. The lowest BCUT2D eigenvalue weighted by Gasteiger charge is -2.24. The summed E-state index contributed by atoms with van der Waals surface area (Å²) in [4.78, 5) is 7.04. The Hall–Kier alpha value is -8.61. The monoisotopic (exact) mass is 1150 g/mol. The lowest BCUT2D eigenvalue weighted by molar-refractivity contribution is -0.401. The number of hydrogen-bond acceptors (Lipinski definition) is 3. The van der Waals surface area contributed by atoms with Crippen LogP contribution in [0.1, 0.15) is 116 Å². The fourth-order valence-electron chi connectivity index (χ4n) is 15.3. The minimum Gasteiger partial charge on any atom is -0.347 e. The molecule has 442 valence electrons. The molecule has 0 fully saturated rings. The zero-order valence-corrected chi connectivity index (χ0v) is 55.0. The minimum absolute atomic E-state index is 0.0173. The van der Waals surface area contributed by atoms with Gasteiger partial charge in [0.2, 0.25) is 17.1 Å². The zero-order chi connectivity index (χ0) is 62.2. The van der Waals surface area contributed by atoms with Crippen molar-refractivity contribution in [3.8, 4) is 0 Å². The van der Waals surface area contributed by atoms with Crippen molar-refractivity contribution in [3.63, 3.8) is 0 Å². The summed E-state index contributed by atoms with van der Waals surface area (Å²) in [5, 5.41) is 0. The third-order valence-corrected chi connectivity index (χ3v) is 20.4. The highest BCUT2D eigenvalue weighted by molar-refractivity contribution is 6.05. The molecule has 6 heterocycles. The van der Waals surface area contributed by atoms with Crippen LogP contribution in [0.5, 0.6) is 0 Å². The smallest absolute Gasteiger partial charge is 0.209 e. The number of rotatable bonds is 10. The summed E-state index contributed by atoms with van der Waals surface area (Å²) in [6.07, 6.45) is 29.8. The van der Waals surface area contributed by atoms with E-state index in [9.17, 15) is 0 Å². The molecule has 6 aromatic carbocycles. The van der Waals surface area contributed by atoms with Crippen LogP contribution in [0.25, 0.3) is 0 Å². The molecular formula is C81H91N6+3. The molecular weight excluding hydrogens is 1060 g/mol. The Labute approximate surface area is 520 Å². The topological polar surface area (TPSA) is 18.8 Å². The molecule has 0 saturated carbocycles. The van der Waals surface area contributed by atoms with Crippen LogP contribution in [-0.2, 0) is 32.5 Å². The van der Waals surface area contributed by atoms with Crippen LogP contribution in [0.4, 0.5) is 34.1 Å². The van der Waals surface area contributed by atoms with Crippen molar-refractivity contribution in [2.75, 3.05) is 57.0 Å². The minimum atomic E-state index is -0.150. The second-order valence-corrected chi connectivity index (χ2v) is 27.7. The van der Waals surface area contributed by atoms with E-state index in [0.717, 1.165) is 11.1 Å². The van der Waals surface area contributed by atoms with Crippen molar-refractivity contribution in [2.45, 2.75) is 116 Å². The molecule has 12 rings (SSSR count). The molecule has 0 atom stereocenters. The van der Waals surface area contributed by atoms with Crippen LogP contribution in [0, 0.1) is 0 Å². The van der Waals surface area contributed by atoms with Gasteiger partial charge in [-0.1, -0.05) is 181 Å². The van der Waals surface area contributed by atoms with Crippen LogP contribution in [0.3, 0.4) is 0 Å². The first-order valence-electron chi connectivity index (χ1n) is 31.1.